The van der Waals surface area contributed by atoms with E-state index in [4.69, 9.17) is 9.47 Å². The van der Waals surface area contributed by atoms with E-state index in [0.717, 1.165) is 22.3 Å². The number of carboxylic acid groups (broad SMARTS) is 1. The number of carbonyl (C=O) groups is 3. The number of likely N-dealkylation sites (N-methyl/N-ethyl adjacent to an activating group) is 1. The lowest BCUT2D eigenvalue weighted by Crippen LogP contribution is -2.46. The summed E-state index contributed by atoms with van der Waals surface area (Å²) in [6.45, 7) is 4.80. The van der Waals surface area contributed by atoms with Crippen molar-refractivity contribution < 1.29 is 29.0 Å². The lowest BCUT2D eigenvalue weighted by Gasteiger charge is -2.34. The van der Waals surface area contributed by atoms with Crippen molar-refractivity contribution >= 4 is 18.2 Å². The number of carbonyl (C=O) groups excluding carboxylic acids is 2. The van der Waals surface area contributed by atoms with E-state index in [-0.39, 0.29) is 31.1 Å². The molecule has 0 saturated carbocycles. The van der Waals surface area contributed by atoms with Gasteiger partial charge < -0.3 is 19.5 Å². The number of aliphatic carboxylic acids is 1. The average Bonchev–Trinajstić information content (AvgIpc) is 3.22. The number of hydrogen-bond donors (Lipinski definition) is 1. The van der Waals surface area contributed by atoms with E-state index >= 15 is 0 Å². The van der Waals surface area contributed by atoms with Crippen molar-refractivity contribution in [3.63, 3.8) is 0 Å². The van der Waals surface area contributed by atoms with E-state index in [2.05, 4.69) is 18.7 Å². The van der Waals surface area contributed by atoms with Gasteiger partial charge in [-0.05, 0) is 47.4 Å². The number of rotatable bonds is 8. The number of carboxylic acids is 1. The minimum atomic E-state index is -1.07. The molecule has 1 aliphatic carbocycles. The van der Waals surface area contributed by atoms with Gasteiger partial charge in [0.05, 0.1) is 0 Å². The van der Waals surface area contributed by atoms with Crippen molar-refractivity contribution in [2.75, 3.05) is 33.4 Å². The molecule has 0 unspecified atom stereocenters. The first-order valence-corrected chi connectivity index (χ1v) is 12.2. The van der Waals surface area contributed by atoms with Gasteiger partial charge in [-0.25, -0.2) is 14.4 Å². The van der Waals surface area contributed by atoms with Crippen LogP contribution in [-0.2, 0) is 14.3 Å². The van der Waals surface area contributed by atoms with Gasteiger partial charge in [-0.2, -0.15) is 0 Å². The van der Waals surface area contributed by atoms with Gasteiger partial charge in [0.2, 0.25) is 0 Å². The lowest BCUT2D eigenvalue weighted by molar-refractivity contribution is -0.143. The molecule has 8 nitrogen and oxygen atoms in total. The summed E-state index contributed by atoms with van der Waals surface area (Å²) < 4.78 is 10.7. The van der Waals surface area contributed by atoms with Crippen LogP contribution in [0.25, 0.3) is 11.1 Å². The molecular weight excluding hydrogens is 460 g/mol. The molecule has 36 heavy (non-hydrogen) atoms. The first kappa shape index (κ1) is 25.3. The van der Waals surface area contributed by atoms with Gasteiger partial charge in [0.25, 0.3) is 0 Å². The third-order valence-corrected chi connectivity index (χ3v) is 7.13. The van der Waals surface area contributed by atoms with Crippen molar-refractivity contribution in [1.29, 1.82) is 0 Å². The molecule has 2 aliphatic rings. The van der Waals surface area contributed by atoms with E-state index in [1.807, 2.05) is 36.4 Å². The highest BCUT2D eigenvalue weighted by molar-refractivity contribution is 5.81. The van der Waals surface area contributed by atoms with Crippen LogP contribution in [-0.4, -0.2) is 72.5 Å². The number of benzene rings is 2. The second-order valence-electron chi connectivity index (χ2n) is 9.30. The maximum Gasteiger partial charge on any atom is 0.410 e. The van der Waals surface area contributed by atoms with Crippen LogP contribution in [0.4, 0.5) is 9.59 Å². The molecule has 0 radical (unpaired) electrons. The molecule has 1 fully saturated rings. The zero-order valence-electron chi connectivity index (χ0n) is 20.5. The van der Waals surface area contributed by atoms with Crippen LogP contribution in [0.2, 0.25) is 0 Å². The van der Waals surface area contributed by atoms with Crippen LogP contribution >= 0.6 is 0 Å². The molecule has 2 amide bonds. The minimum absolute atomic E-state index is 0.0680. The Labute approximate surface area is 211 Å². The maximum absolute atomic E-state index is 12.9. The normalized spacial score (nSPS) is 16.0. The Hall–Kier alpha value is -3.81. The molecule has 1 heterocycles. The summed E-state index contributed by atoms with van der Waals surface area (Å²) in [5.41, 5.74) is 4.46. The number of hydrogen-bond acceptors (Lipinski definition) is 5. The fourth-order valence-electron chi connectivity index (χ4n) is 5.14. The van der Waals surface area contributed by atoms with Gasteiger partial charge in [-0.1, -0.05) is 61.2 Å². The third-order valence-electron chi connectivity index (χ3n) is 7.13. The van der Waals surface area contributed by atoms with E-state index in [9.17, 15) is 19.5 Å². The highest BCUT2D eigenvalue weighted by Crippen LogP contribution is 2.44. The summed E-state index contributed by atoms with van der Waals surface area (Å²) >= 11 is 0. The molecule has 4 rings (SSSR count). The molecule has 1 saturated heterocycles. The Morgan fingerprint density at radius 1 is 1.06 bits per heavy atom. The number of ether oxygens (including phenoxy) is 2. The van der Waals surface area contributed by atoms with Crippen molar-refractivity contribution in [3.05, 3.63) is 72.3 Å². The van der Waals surface area contributed by atoms with Gasteiger partial charge in [0, 0.05) is 26.1 Å². The fraction of sp³-hybridized carbons (Fsp3) is 0.393. The fourth-order valence-corrected chi connectivity index (χ4v) is 5.14. The Balaban J connectivity index is 1.34. The zero-order valence-corrected chi connectivity index (χ0v) is 20.5. The molecule has 190 valence electrons. The molecule has 8 heteroatoms. The highest BCUT2D eigenvalue weighted by Gasteiger charge is 2.34. The van der Waals surface area contributed by atoms with Crippen molar-refractivity contribution in [2.45, 2.75) is 31.2 Å². The lowest BCUT2D eigenvalue weighted by atomic mass is 9.90. The zero-order chi connectivity index (χ0) is 25.7. The number of piperidine rings is 1. The monoisotopic (exact) mass is 492 g/mol. The number of likely N-dealkylation sites (tertiary alicyclic amines) is 1. The van der Waals surface area contributed by atoms with Crippen LogP contribution in [0.1, 0.15) is 36.3 Å². The number of amides is 2. The van der Waals surface area contributed by atoms with E-state index in [1.165, 1.54) is 18.0 Å². The first-order chi connectivity index (χ1) is 17.4. The van der Waals surface area contributed by atoms with Gasteiger partial charge in [0.15, 0.2) is 0 Å². The highest BCUT2D eigenvalue weighted by atomic mass is 16.6. The molecule has 1 aliphatic heterocycles. The summed E-state index contributed by atoms with van der Waals surface area (Å²) in [7, 11) is 1.47. The van der Waals surface area contributed by atoms with Gasteiger partial charge in [0.1, 0.15) is 19.3 Å². The van der Waals surface area contributed by atoms with E-state index < -0.39 is 18.1 Å². The molecule has 0 spiro atoms. The van der Waals surface area contributed by atoms with Gasteiger partial charge in [-0.3, -0.25) is 4.90 Å². The van der Waals surface area contributed by atoms with E-state index in [0.29, 0.717) is 32.4 Å². The van der Waals surface area contributed by atoms with E-state index in [1.54, 1.807) is 4.90 Å². The van der Waals surface area contributed by atoms with Crippen molar-refractivity contribution in [3.8, 4) is 11.1 Å². The summed E-state index contributed by atoms with van der Waals surface area (Å²) in [5.74, 6) is -1.10. The van der Waals surface area contributed by atoms with Crippen LogP contribution in [0.3, 0.4) is 0 Å². The summed E-state index contributed by atoms with van der Waals surface area (Å²) in [5, 5.41) is 9.86. The van der Waals surface area contributed by atoms with Crippen molar-refractivity contribution in [1.82, 2.24) is 9.80 Å². The third kappa shape index (κ3) is 5.37. The van der Waals surface area contributed by atoms with Gasteiger partial charge >= 0.3 is 18.2 Å². The summed E-state index contributed by atoms with van der Waals surface area (Å²) in [6.07, 6.45) is 2.05. The smallest absolute Gasteiger partial charge is 0.410 e. The molecule has 2 aromatic rings. The molecule has 2 aromatic carbocycles. The van der Waals surface area contributed by atoms with Crippen molar-refractivity contribution in [2.24, 2.45) is 5.92 Å². The topological polar surface area (TPSA) is 96.4 Å². The summed E-state index contributed by atoms with van der Waals surface area (Å²) in [6, 6.07) is 15.1. The van der Waals surface area contributed by atoms with Crippen LogP contribution in [0, 0.1) is 5.92 Å². The van der Waals surface area contributed by atoms with Gasteiger partial charge in [-0.15, -0.1) is 0 Å². The van der Waals surface area contributed by atoms with Crippen LogP contribution < -0.4 is 0 Å². The SMILES string of the molecule is C=CCOC(=O)N1CCC(C[C@H](C(=O)O)N(C)C(=O)OCC2c3ccccc3-c3ccccc32)CC1. The number of fused-ring (bicyclic) bond motifs is 3. The first-order valence-electron chi connectivity index (χ1n) is 12.2. The Morgan fingerprint density at radius 3 is 2.19 bits per heavy atom. The second-order valence-corrected chi connectivity index (χ2v) is 9.30. The Bertz CT molecular complexity index is 1080. The quantitative estimate of drug-likeness (QED) is 0.535. The van der Waals surface area contributed by atoms with Crippen LogP contribution in [0.15, 0.2) is 61.2 Å². The predicted octanol–water partition coefficient (Wildman–Crippen LogP) is 4.75. The maximum atomic E-state index is 12.9. The minimum Gasteiger partial charge on any atom is -0.480 e. The molecule has 1 atom stereocenters. The number of nitrogens with zero attached hydrogens (tertiary/aromatic N) is 2. The second kappa shape index (κ2) is 11.3. The molecular formula is C28H32N2O6. The molecule has 0 bridgehead atoms. The largest absolute Gasteiger partial charge is 0.480 e. The van der Waals surface area contributed by atoms with Crippen LogP contribution in [0.5, 0.6) is 0 Å². The standard InChI is InChI=1S/C28H32N2O6/c1-3-16-35-28(34)30-14-12-19(13-15-30)17-25(26(31)32)29(2)27(33)36-18-24-22-10-6-4-8-20(22)21-9-5-7-11-23(21)24/h3-11,19,24-25H,1,12-18H2,2H3,(H,31,32)/t25-/m1/s1. The summed E-state index contributed by atoms with van der Waals surface area (Å²) in [4.78, 5) is 39.8. The Morgan fingerprint density at radius 2 is 1.64 bits per heavy atom. The molecule has 0 aromatic heterocycles. The predicted molar refractivity (Wildman–Crippen MR) is 135 cm³/mol. The average molecular weight is 493 g/mol. The molecule has 1 N–H and O–H groups in total. The Kier molecular flexibility index (Phi) is 7.93.